The van der Waals surface area contributed by atoms with Crippen molar-refractivity contribution in [2.75, 3.05) is 17.7 Å². The van der Waals surface area contributed by atoms with Crippen molar-refractivity contribution in [3.05, 3.63) is 36.5 Å². The molecular formula is C14H18N4O2. The van der Waals surface area contributed by atoms with Crippen LogP contribution >= 0.6 is 0 Å². The van der Waals surface area contributed by atoms with Gasteiger partial charge in [0.2, 0.25) is 5.91 Å². The fourth-order valence-corrected chi connectivity index (χ4v) is 1.70. The van der Waals surface area contributed by atoms with Gasteiger partial charge in [0.1, 0.15) is 17.6 Å². The third-order valence-corrected chi connectivity index (χ3v) is 2.83. The SMILES string of the molecule is COc1ccc(NC(=O)C(C)Nc2ccn(C)n2)cc1. The third-order valence-electron chi connectivity index (χ3n) is 2.83. The molecule has 6 nitrogen and oxygen atoms in total. The summed E-state index contributed by atoms with van der Waals surface area (Å²) in [4.78, 5) is 12.0. The van der Waals surface area contributed by atoms with Crippen LogP contribution in [0, 0.1) is 0 Å². The number of hydrogen-bond acceptors (Lipinski definition) is 4. The van der Waals surface area contributed by atoms with E-state index in [9.17, 15) is 4.79 Å². The van der Waals surface area contributed by atoms with Gasteiger partial charge in [-0.2, -0.15) is 5.10 Å². The third kappa shape index (κ3) is 3.50. The Morgan fingerprint density at radius 2 is 2.00 bits per heavy atom. The van der Waals surface area contributed by atoms with E-state index in [0.29, 0.717) is 5.82 Å². The van der Waals surface area contributed by atoms with Gasteiger partial charge in [-0.05, 0) is 31.2 Å². The van der Waals surface area contributed by atoms with Crippen LogP contribution in [0.25, 0.3) is 0 Å². The Kier molecular flexibility index (Phi) is 4.24. The topological polar surface area (TPSA) is 68.2 Å². The van der Waals surface area contributed by atoms with Crippen LogP contribution in [-0.4, -0.2) is 28.8 Å². The second-order valence-electron chi connectivity index (χ2n) is 4.46. The van der Waals surface area contributed by atoms with Gasteiger partial charge in [-0.15, -0.1) is 0 Å². The molecule has 106 valence electrons. The summed E-state index contributed by atoms with van der Waals surface area (Å²) in [5, 5.41) is 10.0. The summed E-state index contributed by atoms with van der Waals surface area (Å²) in [6.07, 6.45) is 1.82. The van der Waals surface area contributed by atoms with Crippen LogP contribution in [0.4, 0.5) is 11.5 Å². The fraction of sp³-hybridized carbons (Fsp3) is 0.286. The first-order valence-electron chi connectivity index (χ1n) is 6.29. The molecule has 0 spiro atoms. The van der Waals surface area contributed by atoms with Crippen molar-refractivity contribution in [3.8, 4) is 5.75 Å². The van der Waals surface area contributed by atoms with E-state index >= 15 is 0 Å². The summed E-state index contributed by atoms with van der Waals surface area (Å²) >= 11 is 0. The van der Waals surface area contributed by atoms with Crippen LogP contribution in [0.2, 0.25) is 0 Å². The molecule has 2 rings (SSSR count). The summed E-state index contributed by atoms with van der Waals surface area (Å²) in [5.41, 5.74) is 0.727. The molecule has 0 bridgehead atoms. The van der Waals surface area contributed by atoms with Gasteiger partial charge in [0.05, 0.1) is 7.11 Å². The predicted octanol–water partition coefficient (Wildman–Crippen LogP) is 1.87. The molecule has 0 saturated carbocycles. The molecule has 0 aliphatic heterocycles. The minimum absolute atomic E-state index is 0.124. The first-order valence-corrected chi connectivity index (χ1v) is 6.29. The first kappa shape index (κ1) is 13.9. The van der Waals surface area contributed by atoms with Gasteiger partial charge in [0.25, 0.3) is 0 Å². The monoisotopic (exact) mass is 274 g/mol. The first-order chi connectivity index (χ1) is 9.58. The van der Waals surface area contributed by atoms with Crippen LogP contribution < -0.4 is 15.4 Å². The number of aromatic nitrogens is 2. The molecule has 2 N–H and O–H groups in total. The van der Waals surface area contributed by atoms with Crippen molar-refractivity contribution in [1.29, 1.82) is 0 Å². The van der Waals surface area contributed by atoms with Crippen molar-refractivity contribution >= 4 is 17.4 Å². The van der Waals surface area contributed by atoms with Gasteiger partial charge in [-0.1, -0.05) is 0 Å². The Morgan fingerprint density at radius 3 is 2.55 bits per heavy atom. The van der Waals surface area contributed by atoms with Gasteiger partial charge >= 0.3 is 0 Å². The molecule has 2 aromatic rings. The van der Waals surface area contributed by atoms with Crippen LogP contribution in [0.1, 0.15) is 6.92 Å². The summed E-state index contributed by atoms with van der Waals surface area (Å²) < 4.78 is 6.74. The number of anilines is 2. The van der Waals surface area contributed by atoms with E-state index in [0.717, 1.165) is 11.4 Å². The molecule has 0 aliphatic rings. The van der Waals surface area contributed by atoms with E-state index in [1.165, 1.54) is 0 Å². The Bertz CT molecular complexity index is 577. The molecule has 0 radical (unpaired) electrons. The lowest BCUT2D eigenvalue weighted by Gasteiger charge is -2.13. The molecule has 1 heterocycles. The van der Waals surface area contributed by atoms with Gasteiger partial charge in [-0.3, -0.25) is 9.48 Å². The zero-order valence-corrected chi connectivity index (χ0v) is 11.8. The molecule has 6 heteroatoms. The molecule has 0 fully saturated rings. The van der Waals surface area contributed by atoms with Gasteiger partial charge in [-0.25, -0.2) is 0 Å². The average Bonchev–Trinajstić information content (AvgIpc) is 2.85. The highest BCUT2D eigenvalue weighted by Crippen LogP contribution is 2.15. The number of hydrogen-bond donors (Lipinski definition) is 2. The standard InChI is InChI=1S/C14H18N4O2/c1-10(15-13-8-9-18(2)17-13)14(19)16-11-4-6-12(20-3)7-5-11/h4-10H,1-3H3,(H,15,17)(H,16,19). The van der Waals surface area contributed by atoms with Crippen LogP contribution in [-0.2, 0) is 11.8 Å². The number of ether oxygens (including phenoxy) is 1. The van der Waals surface area contributed by atoms with E-state index < -0.39 is 0 Å². The largest absolute Gasteiger partial charge is 0.497 e. The van der Waals surface area contributed by atoms with Crippen LogP contribution in [0.5, 0.6) is 5.75 Å². The maximum atomic E-state index is 12.0. The van der Waals surface area contributed by atoms with Gasteiger partial charge < -0.3 is 15.4 Å². The number of methoxy groups -OCH3 is 1. The fourth-order valence-electron chi connectivity index (χ4n) is 1.70. The quantitative estimate of drug-likeness (QED) is 0.873. The molecule has 1 aromatic heterocycles. The minimum Gasteiger partial charge on any atom is -0.497 e. The van der Waals surface area contributed by atoms with Crippen molar-refractivity contribution in [1.82, 2.24) is 9.78 Å². The molecule has 0 saturated heterocycles. The van der Waals surface area contributed by atoms with Crippen molar-refractivity contribution < 1.29 is 9.53 Å². The summed E-state index contributed by atoms with van der Waals surface area (Å²) in [6.45, 7) is 1.79. The lowest BCUT2D eigenvalue weighted by molar-refractivity contribution is -0.116. The summed E-state index contributed by atoms with van der Waals surface area (Å²) in [7, 11) is 3.43. The second kappa shape index (κ2) is 6.10. The van der Waals surface area contributed by atoms with Crippen LogP contribution in [0.15, 0.2) is 36.5 Å². The Hall–Kier alpha value is -2.50. The normalized spacial score (nSPS) is 11.8. The average molecular weight is 274 g/mol. The number of carbonyl (C=O) groups excluding carboxylic acids is 1. The van der Waals surface area contributed by atoms with E-state index in [1.807, 2.05) is 19.3 Å². The molecule has 1 aromatic carbocycles. The Labute approximate surface area is 117 Å². The van der Waals surface area contributed by atoms with E-state index in [-0.39, 0.29) is 11.9 Å². The zero-order chi connectivity index (χ0) is 14.5. The lowest BCUT2D eigenvalue weighted by atomic mass is 10.2. The van der Waals surface area contributed by atoms with E-state index in [4.69, 9.17) is 4.74 Å². The van der Waals surface area contributed by atoms with Gasteiger partial charge in [0.15, 0.2) is 0 Å². The van der Waals surface area contributed by atoms with E-state index in [1.54, 1.807) is 43.0 Å². The van der Waals surface area contributed by atoms with E-state index in [2.05, 4.69) is 15.7 Å². The van der Waals surface area contributed by atoms with Crippen molar-refractivity contribution in [3.63, 3.8) is 0 Å². The molecule has 1 unspecified atom stereocenters. The highest BCUT2D eigenvalue weighted by molar-refractivity contribution is 5.96. The van der Waals surface area contributed by atoms with Crippen LogP contribution in [0.3, 0.4) is 0 Å². The lowest BCUT2D eigenvalue weighted by Crippen LogP contribution is -2.32. The Morgan fingerprint density at radius 1 is 1.30 bits per heavy atom. The van der Waals surface area contributed by atoms with Gasteiger partial charge in [0, 0.05) is 25.0 Å². The summed E-state index contributed by atoms with van der Waals surface area (Å²) in [5.74, 6) is 1.30. The number of amides is 1. The summed E-state index contributed by atoms with van der Waals surface area (Å²) in [6, 6.07) is 8.62. The highest BCUT2D eigenvalue weighted by Gasteiger charge is 2.13. The number of rotatable bonds is 5. The van der Waals surface area contributed by atoms with Crippen molar-refractivity contribution in [2.45, 2.75) is 13.0 Å². The maximum absolute atomic E-state index is 12.0. The predicted molar refractivity (Wildman–Crippen MR) is 77.9 cm³/mol. The molecule has 0 aliphatic carbocycles. The maximum Gasteiger partial charge on any atom is 0.246 e. The molecule has 20 heavy (non-hydrogen) atoms. The Balaban J connectivity index is 1.93. The number of benzene rings is 1. The van der Waals surface area contributed by atoms with Crippen molar-refractivity contribution in [2.24, 2.45) is 7.05 Å². The highest BCUT2D eigenvalue weighted by atomic mass is 16.5. The minimum atomic E-state index is -0.382. The number of nitrogens with zero attached hydrogens (tertiary/aromatic N) is 2. The smallest absolute Gasteiger partial charge is 0.246 e. The second-order valence-corrected chi connectivity index (χ2v) is 4.46. The molecular weight excluding hydrogens is 256 g/mol. The molecule has 1 amide bonds. The number of aryl methyl sites for hydroxylation is 1. The molecule has 1 atom stereocenters. The zero-order valence-electron chi connectivity index (χ0n) is 11.8. The number of nitrogens with one attached hydrogen (secondary N) is 2. The number of carbonyl (C=O) groups is 1.